The zero-order valence-corrected chi connectivity index (χ0v) is 13.5. The van der Waals surface area contributed by atoms with Crippen LogP contribution in [-0.2, 0) is 14.4 Å². The molecule has 3 N–H and O–H groups in total. The quantitative estimate of drug-likeness (QED) is 0.485. The van der Waals surface area contributed by atoms with Gasteiger partial charge >= 0.3 is 10.1 Å². The molecule has 7 nitrogen and oxygen atoms in total. The van der Waals surface area contributed by atoms with Crippen LogP contribution in [0.5, 0.6) is 0 Å². The summed E-state index contributed by atoms with van der Waals surface area (Å²) in [6.07, 6.45) is 1.17. The molecule has 0 heterocycles. The van der Waals surface area contributed by atoms with E-state index in [1.807, 2.05) is 6.92 Å². The van der Waals surface area contributed by atoms with E-state index in [0.717, 1.165) is 5.56 Å². The van der Waals surface area contributed by atoms with Crippen molar-refractivity contribution in [1.82, 2.24) is 5.43 Å². The number of hydrogen-bond acceptors (Lipinski definition) is 5. The molecule has 0 unspecified atom stereocenters. The molecule has 0 saturated heterocycles. The lowest BCUT2D eigenvalue weighted by Crippen LogP contribution is -2.28. The van der Waals surface area contributed by atoms with Crippen molar-refractivity contribution in [3.63, 3.8) is 0 Å². The number of nitrogens with one attached hydrogen (secondary N) is 1. The highest BCUT2D eigenvalue weighted by atomic mass is 32.2. The fraction of sp³-hybridized carbons (Fsp3) is 0.0667. The minimum atomic E-state index is -4.08. The summed E-state index contributed by atoms with van der Waals surface area (Å²) >= 11 is 0. The molecule has 0 aliphatic carbocycles. The standard InChI is InChI=1S/C15H15FN4O3S/c1-11-6-8-13(9-7-11)24(21,22)23-20-15(17)19-18-10-12-4-2-3-5-14(12)16/h2-10H,1H3,(H3,17,19,20). The van der Waals surface area contributed by atoms with Gasteiger partial charge in [-0.05, 0) is 30.3 Å². The summed E-state index contributed by atoms with van der Waals surface area (Å²) in [5, 5.41) is 6.88. The minimum Gasteiger partial charge on any atom is -0.366 e. The first-order valence-electron chi connectivity index (χ1n) is 6.76. The zero-order chi connectivity index (χ0) is 17.6. The van der Waals surface area contributed by atoms with Gasteiger partial charge in [0, 0.05) is 5.56 Å². The number of guanidine groups is 1. The van der Waals surface area contributed by atoms with Crippen molar-refractivity contribution < 1.29 is 17.1 Å². The Labute approximate surface area is 138 Å². The molecule has 2 rings (SSSR count). The fourth-order valence-electron chi connectivity index (χ4n) is 1.61. The van der Waals surface area contributed by atoms with Crippen LogP contribution < -0.4 is 11.2 Å². The van der Waals surface area contributed by atoms with Crippen molar-refractivity contribution in [3.05, 3.63) is 65.5 Å². The molecule has 0 bridgehead atoms. The Morgan fingerprint density at radius 2 is 1.88 bits per heavy atom. The molecule has 24 heavy (non-hydrogen) atoms. The lowest BCUT2D eigenvalue weighted by Gasteiger charge is -2.03. The third-order valence-corrected chi connectivity index (χ3v) is 3.95. The van der Waals surface area contributed by atoms with Crippen LogP contribution in [0.15, 0.2) is 63.7 Å². The van der Waals surface area contributed by atoms with Crippen molar-refractivity contribution in [3.8, 4) is 0 Å². The maximum Gasteiger partial charge on any atom is 0.358 e. The van der Waals surface area contributed by atoms with Gasteiger partial charge in [0.15, 0.2) is 0 Å². The number of hydrogen-bond donors (Lipinski definition) is 2. The number of oxime groups is 1. The van der Waals surface area contributed by atoms with E-state index in [9.17, 15) is 12.8 Å². The van der Waals surface area contributed by atoms with E-state index in [-0.39, 0.29) is 10.5 Å². The molecule has 126 valence electrons. The summed E-state index contributed by atoms with van der Waals surface area (Å²) in [4.78, 5) is -0.0560. The summed E-state index contributed by atoms with van der Waals surface area (Å²) in [7, 11) is -4.08. The molecule has 0 spiro atoms. The highest BCUT2D eigenvalue weighted by Crippen LogP contribution is 2.13. The van der Waals surface area contributed by atoms with Crippen LogP contribution in [0.1, 0.15) is 11.1 Å². The monoisotopic (exact) mass is 350 g/mol. The molecular weight excluding hydrogens is 335 g/mol. The number of benzene rings is 2. The molecular formula is C15H15FN4O3S. The van der Waals surface area contributed by atoms with E-state index in [4.69, 9.17) is 5.73 Å². The summed E-state index contributed by atoms with van der Waals surface area (Å²) in [5.41, 5.74) is 8.79. The van der Waals surface area contributed by atoms with Gasteiger partial charge in [0.25, 0.3) is 5.96 Å². The largest absolute Gasteiger partial charge is 0.366 e. The van der Waals surface area contributed by atoms with Crippen LogP contribution in [0.4, 0.5) is 4.39 Å². The molecule has 2 aromatic carbocycles. The SMILES string of the molecule is Cc1ccc(S(=O)(=O)ON=C(N)NN=Cc2ccccc2F)cc1. The molecule has 0 aliphatic heterocycles. The van der Waals surface area contributed by atoms with Gasteiger partial charge in [-0.15, -0.1) is 0 Å². The van der Waals surface area contributed by atoms with Crippen LogP contribution in [0.3, 0.4) is 0 Å². The van der Waals surface area contributed by atoms with Crippen LogP contribution >= 0.6 is 0 Å². The number of rotatable bonds is 5. The second-order valence-electron chi connectivity index (χ2n) is 4.71. The van der Waals surface area contributed by atoms with Crippen LogP contribution in [0, 0.1) is 12.7 Å². The van der Waals surface area contributed by atoms with Gasteiger partial charge < -0.3 is 5.73 Å². The first-order chi connectivity index (χ1) is 11.4. The maximum absolute atomic E-state index is 13.3. The third-order valence-electron chi connectivity index (χ3n) is 2.83. The molecule has 0 saturated carbocycles. The smallest absolute Gasteiger partial charge is 0.358 e. The Morgan fingerprint density at radius 3 is 2.54 bits per heavy atom. The van der Waals surface area contributed by atoms with Crippen LogP contribution in [0.2, 0.25) is 0 Å². The predicted molar refractivity (Wildman–Crippen MR) is 88.2 cm³/mol. The molecule has 0 fully saturated rings. The number of aryl methyl sites for hydroxylation is 1. The third kappa shape index (κ3) is 4.78. The first-order valence-corrected chi connectivity index (χ1v) is 8.17. The van der Waals surface area contributed by atoms with E-state index in [1.54, 1.807) is 24.3 Å². The topological polar surface area (TPSA) is 106 Å². The number of nitrogens with two attached hydrogens (primary N) is 1. The van der Waals surface area contributed by atoms with Gasteiger partial charge in [0.1, 0.15) is 10.7 Å². The van der Waals surface area contributed by atoms with Crippen molar-refractivity contribution >= 4 is 22.3 Å². The van der Waals surface area contributed by atoms with Crippen molar-refractivity contribution in [2.45, 2.75) is 11.8 Å². The molecule has 0 aromatic heterocycles. The minimum absolute atomic E-state index is 0.0560. The summed E-state index contributed by atoms with van der Waals surface area (Å²) in [6, 6.07) is 12.0. The van der Waals surface area contributed by atoms with Gasteiger partial charge in [0.2, 0.25) is 0 Å². The van der Waals surface area contributed by atoms with E-state index < -0.39 is 21.9 Å². The lowest BCUT2D eigenvalue weighted by atomic mass is 10.2. The maximum atomic E-state index is 13.3. The Hall–Kier alpha value is -2.94. The second-order valence-corrected chi connectivity index (χ2v) is 6.24. The summed E-state index contributed by atoms with van der Waals surface area (Å²) in [6.45, 7) is 1.82. The Morgan fingerprint density at radius 1 is 1.21 bits per heavy atom. The average Bonchev–Trinajstić information content (AvgIpc) is 2.55. The van der Waals surface area contributed by atoms with Gasteiger partial charge in [-0.2, -0.15) is 13.5 Å². The number of hydrazone groups is 1. The van der Waals surface area contributed by atoms with E-state index in [1.165, 1.54) is 30.5 Å². The zero-order valence-electron chi connectivity index (χ0n) is 12.7. The van der Waals surface area contributed by atoms with E-state index in [2.05, 4.69) is 20.0 Å². The second kappa shape index (κ2) is 7.55. The van der Waals surface area contributed by atoms with Crippen LogP contribution in [0.25, 0.3) is 0 Å². The van der Waals surface area contributed by atoms with Crippen LogP contribution in [-0.4, -0.2) is 20.6 Å². The van der Waals surface area contributed by atoms with Gasteiger partial charge in [-0.3, -0.25) is 4.28 Å². The number of nitrogens with zero attached hydrogens (tertiary/aromatic N) is 2. The molecule has 0 radical (unpaired) electrons. The molecule has 0 aliphatic rings. The van der Waals surface area contributed by atoms with Gasteiger partial charge in [0.05, 0.1) is 6.21 Å². The predicted octanol–water partition coefficient (Wildman–Crippen LogP) is 1.69. The molecule has 2 aromatic rings. The first kappa shape index (κ1) is 17.4. The van der Waals surface area contributed by atoms with E-state index in [0.29, 0.717) is 0 Å². The fourth-order valence-corrected chi connectivity index (χ4v) is 2.34. The van der Waals surface area contributed by atoms with Crippen molar-refractivity contribution in [2.24, 2.45) is 16.0 Å². The number of halogens is 1. The van der Waals surface area contributed by atoms with Crippen molar-refractivity contribution in [2.75, 3.05) is 0 Å². The molecule has 0 amide bonds. The van der Waals surface area contributed by atoms with Gasteiger partial charge in [-0.1, -0.05) is 35.9 Å². The Balaban J connectivity index is 1.98. The highest BCUT2D eigenvalue weighted by Gasteiger charge is 2.15. The lowest BCUT2D eigenvalue weighted by molar-refractivity contribution is 0.336. The average molecular weight is 350 g/mol. The molecule has 0 atom stereocenters. The highest BCUT2D eigenvalue weighted by molar-refractivity contribution is 7.86. The molecule has 9 heteroatoms. The summed E-state index contributed by atoms with van der Waals surface area (Å²) < 4.78 is 41.6. The van der Waals surface area contributed by atoms with E-state index >= 15 is 0 Å². The summed E-state index contributed by atoms with van der Waals surface area (Å²) in [5.74, 6) is -0.866. The van der Waals surface area contributed by atoms with Gasteiger partial charge in [-0.25, -0.2) is 9.82 Å². The normalized spacial score (nSPS) is 12.3. The van der Waals surface area contributed by atoms with Crippen molar-refractivity contribution in [1.29, 1.82) is 0 Å². The Bertz CT molecular complexity index is 865. The Kier molecular flexibility index (Phi) is 5.48.